The zero-order chi connectivity index (χ0) is 17.1. The van der Waals surface area contributed by atoms with Crippen molar-refractivity contribution in [1.82, 2.24) is 10.2 Å². The molecule has 1 aromatic heterocycles. The Morgan fingerprint density at radius 3 is 2.54 bits per heavy atom. The number of aromatic nitrogens is 2. The van der Waals surface area contributed by atoms with E-state index in [2.05, 4.69) is 17.1 Å². The summed E-state index contributed by atoms with van der Waals surface area (Å²) in [5.41, 5.74) is 2.83. The van der Waals surface area contributed by atoms with Crippen LogP contribution in [0.4, 0.5) is 0 Å². The van der Waals surface area contributed by atoms with E-state index in [1.807, 2.05) is 31.2 Å². The molecule has 24 heavy (non-hydrogen) atoms. The van der Waals surface area contributed by atoms with Crippen LogP contribution in [-0.4, -0.2) is 10.2 Å². The van der Waals surface area contributed by atoms with Gasteiger partial charge in [-0.05, 0) is 60.9 Å². The molecule has 0 atom stereocenters. The highest BCUT2D eigenvalue weighted by atomic mass is 35.5. The number of aryl methyl sites for hydroxylation is 2. The molecule has 6 heteroatoms. The SMILES string of the molecule is CCc1cc(Cl)c(C)cc1OCc1nnc(-c2ccc(Cl)cc2)o1. The van der Waals surface area contributed by atoms with Gasteiger partial charge in [-0.3, -0.25) is 0 Å². The van der Waals surface area contributed by atoms with Gasteiger partial charge in [-0.25, -0.2) is 0 Å². The summed E-state index contributed by atoms with van der Waals surface area (Å²) in [6.07, 6.45) is 0.829. The maximum Gasteiger partial charge on any atom is 0.254 e. The zero-order valence-corrected chi connectivity index (χ0v) is 14.9. The van der Waals surface area contributed by atoms with E-state index in [0.29, 0.717) is 16.8 Å². The summed E-state index contributed by atoms with van der Waals surface area (Å²) in [4.78, 5) is 0. The maximum atomic E-state index is 6.16. The van der Waals surface area contributed by atoms with Gasteiger partial charge < -0.3 is 9.15 Å². The molecule has 0 radical (unpaired) electrons. The van der Waals surface area contributed by atoms with Crippen LogP contribution in [0.5, 0.6) is 5.75 Å². The standard InChI is InChI=1S/C18H16Cl2N2O2/c1-3-12-9-15(20)11(2)8-16(12)23-10-17-21-22-18(24-17)13-4-6-14(19)7-5-13/h4-9H,3,10H2,1-2H3. The summed E-state index contributed by atoms with van der Waals surface area (Å²) in [6, 6.07) is 11.1. The summed E-state index contributed by atoms with van der Waals surface area (Å²) < 4.78 is 11.5. The first kappa shape index (κ1) is 16.8. The molecule has 0 bridgehead atoms. The molecule has 3 aromatic rings. The highest BCUT2D eigenvalue weighted by Crippen LogP contribution is 2.28. The van der Waals surface area contributed by atoms with Crippen molar-refractivity contribution >= 4 is 23.2 Å². The van der Waals surface area contributed by atoms with Crippen molar-refractivity contribution < 1.29 is 9.15 Å². The summed E-state index contributed by atoms with van der Waals surface area (Å²) in [7, 11) is 0. The number of ether oxygens (including phenoxy) is 1. The van der Waals surface area contributed by atoms with Crippen LogP contribution in [0.2, 0.25) is 10.0 Å². The first-order valence-electron chi connectivity index (χ1n) is 7.57. The topological polar surface area (TPSA) is 48.2 Å². The molecule has 0 N–H and O–H groups in total. The van der Waals surface area contributed by atoms with Gasteiger partial charge in [0.15, 0.2) is 6.61 Å². The Hall–Kier alpha value is -2.04. The van der Waals surface area contributed by atoms with Gasteiger partial charge in [0, 0.05) is 15.6 Å². The molecule has 0 saturated heterocycles. The van der Waals surface area contributed by atoms with Gasteiger partial charge >= 0.3 is 0 Å². The van der Waals surface area contributed by atoms with E-state index in [0.717, 1.165) is 33.9 Å². The minimum absolute atomic E-state index is 0.203. The lowest BCUT2D eigenvalue weighted by Gasteiger charge is -2.11. The number of hydrogen-bond donors (Lipinski definition) is 0. The minimum Gasteiger partial charge on any atom is -0.484 e. The third-order valence-corrected chi connectivity index (χ3v) is 4.29. The van der Waals surface area contributed by atoms with Gasteiger partial charge in [-0.15, -0.1) is 10.2 Å². The number of halogens is 2. The quantitative estimate of drug-likeness (QED) is 0.601. The van der Waals surface area contributed by atoms with Crippen molar-refractivity contribution in [3.63, 3.8) is 0 Å². The lowest BCUT2D eigenvalue weighted by molar-refractivity contribution is 0.262. The molecule has 3 rings (SSSR count). The fourth-order valence-electron chi connectivity index (χ4n) is 2.27. The molecule has 0 amide bonds. The van der Waals surface area contributed by atoms with Crippen LogP contribution in [0.25, 0.3) is 11.5 Å². The molecule has 0 spiro atoms. The fraction of sp³-hybridized carbons (Fsp3) is 0.222. The monoisotopic (exact) mass is 362 g/mol. The van der Waals surface area contributed by atoms with Crippen LogP contribution in [-0.2, 0) is 13.0 Å². The van der Waals surface area contributed by atoms with E-state index < -0.39 is 0 Å². The van der Waals surface area contributed by atoms with E-state index in [-0.39, 0.29) is 6.61 Å². The van der Waals surface area contributed by atoms with Crippen molar-refractivity contribution in [2.75, 3.05) is 0 Å². The van der Waals surface area contributed by atoms with Gasteiger partial charge in [0.25, 0.3) is 5.89 Å². The largest absolute Gasteiger partial charge is 0.484 e. The number of hydrogen-bond acceptors (Lipinski definition) is 4. The van der Waals surface area contributed by atoms with Gasteiger partial charge in [0.2, 0.25) is 5.89 Å². The Morgan fingerprint density at radius 1 is 1.08 bits per heavy atom. The molecular formula is C18H16Cl2N2O2. The fourth-order valence-corrected chi connectivity index (χ4v) is 2.58. The molecular weight excluding hydrogens is 347 g/mol. The summed E-state index contributed by atoms with van der Waals surface area (Å²) in [5.74, 6) is 1.63. The van der Waals surface area contributed by atoms with E-state index in [1.54, 1.807) is 12.1 Å². The van der Waals surface area contributed by atoms with Crippen molar-refractivity contribution in [2.24, 2.45) is 0 Å². The van der Waals surface area contributed by atoms with Gasteiger partial charge in [0.05, 0.1) is 0 Å². The number of nitrogens with zero attached hydrogens (tertiary/aromatic N) is 2. The second-order valence-corrected chi connectivity index (χ2v) is 6.20. The highest BCUT2D eigenvalue weighted by Gasteiger charge is 2.11. The van der Waals surface area contributed by atoms with E-state index in [4.69, 9.17) is 32.4 Å². The molecule has 0 unspecified atom stereocenters. The predicted molar refractivity (Wildman–Crippen MR) is 94.6 cm³/mol. The van der Waals surface area contributed by atoms with Crippen LogP contribution >= 0.6 is 23.2 Å². The molecule has 1 heterocycles. The van der Waals surface area contributed by atoms with Gasteiger partial charge in [-0.1, -0.05) is 30.1 Å². The molecule has 0 aliphatic carbocycles. The normalized spacial score (nSPS) is 10.8. The number of benzene rings is 2. The molecule has 2 aromatic carbocycles. The van der Waals surface area contributed by atoms with Crippen molar-refractivity contribution in [2.45, 2.75) is 26.9 Å². The van der Waals surface area contributed by atoms with E-state index in [1.165, 1.54) is 0 Å². The van der Waals surface area contributed by atoms with Gasteiger partial charge in [0.1, 0.15) is 5.75 Å². The van der Waals surface area contributed by atoms with Gasteiger partial charge in [-0.2, -0.15) is 0 Å². The lowest BCUT2D eigenvalue weighted by Crippen LogP contribution is -1.99. The molecule has 0 aliphatic rings. The average molecular weight is 363 g/mol. The Kier molecular flexibility index (Phi) is 5.07. The molecule has 124 valence electrons. The van der Waals surface area contributed by atoms with E-state index in [9.17, 15) is 0 Å². The summed E-state index contributed by atoms with van der Waals surface area (Å²) in [6.45, 7) is 4.20. The van der Waals surface area contributed by atoms with E-state index >= 15 is 0 Å². The third kappa shape index (κ3) is 3.71. The molecule has 0 aliphatic heterocycles. The summed E-state index contributed by atoms with van der Waals surface area (Å²) in [5, 5.41) is 9.46. The van der Waals surface area contributed by atoms with Crippen molar-refractivity contribution in [3.8, 4) is 17.2 Å². The van der Waals surface area contributed by atoms with Crippen LogP contribution in [0, 0.1) is 6.92 Å². The van der Waals surface area contributed by atoms with Crippen LogP contribution in [0.1, 0.15) is 23.9 Å². The number of rotatable bonds is 5. The first-order chi connectivity index (χ1) is 11.6. The Balaban J connectivity index is 1.74. The highest BCUT2D eigenvalue weighted by molar-refractivity contribution is 6.31. The summed E-state index contributed by atoms with van der Waals surface area (Å²) >= 11 is 12.0. The second-order valence-electron chi connectivity index (χ2n) is 5.36. The molecule has 0 saturated carbocycles. The smallest absolute Gasteiger partial charge is 0.254 e. The van der Waals surface area contributed by atoms with Crippen LogP contribution in [0.3, 0.4) is 0 Å². The predicted octanol–water partition coefficient (Wildman–Crippen LogP) is 5.49. The average Bonchev–Trinajstić information content (AvgIpc) is 3.05. The maximum absolute atomic E-state index is 6.16. The first-order valence-corrected chi connectivity index (χ1v) is 8.32. The zero-order valence-electron chi connectivity index (χ0n) is 13.3. The van der Waals surface area contributed by atoms with Crippen LogP contribution < -0.4 is 4.74 Å². The van der Waals surface area contributed by atoms with Crippen LogP contribution in [0.15, 0.2) is 40.8 Å². The molecule has 4 nitrogen and oxygen atoms in total. The Morgan fingerprint density at radius 2 is 1.83 bits per heavy atom. The minimum atomic E-state index is 0.203. The molecule has 0 fully saturated rings. The Bertz CT molecular complexity index is 845. The lowest BCUT2D eigenvalue weighted by atomic mass is 10.1. The second kappa shape index (κ2) is 7.24. The van der Waals surface area contributed by atoms with Crippen molar-refractivity contribution in [1.29, 1.82) is 0 Å². The van der Waals surface area contributed by atoms with Crippen molar-refractivity contribution in [3.05, 3.63) is 63.5 Å². The third-order valence-electron chi connectivity index (χ3n) is 3.63. The Labute approximate surface area is 150 Å².